The zero-order chi connectivity index (χ0) is 25.9. The third-order valence-corrected chi connectivity index (χ3v) is 9.05. The van der Waals surface area contributed by atoms with Crippen molar-refractivity contribution in [3.63, 3.8) is 0 Å². The number of hydrogen-bond acceptors (Lipinski definition) is 9. The lowest BCUT2D eigenvalue weighted by Crippen LogP contribution is -2.32. The molecule has 37 heavy (non-hydrogen) atoms. The van der Waals surface area contributed by atoms with Gasteiger partial charge in [0.15, 0.2) is 5.13 Å². The van der Waals surface area contributed by atoms with E-state index in [4.69, 9.17) is 31.0 Å². The van der Waals surface area contributed by atoms with E-state index in [0.29, 0.717) is 15.8 Å². The molecular formula is C26H22ClN3O4S3. The number of carbonyl (C=O) groups excluding carboxylic acids is 2. The van der Waals surface area contributed by atoms with E-state index in [-0.39, 0.29) is 24.3 Å². The highest BCUT2D eigenvalue weighted by Gasteiger charge is 2.44. The number of halogens is 1. The van der Waals surface area contributed by atoms with Crippen LogP contribution in [0.25, 0.3) is 22.0 Å². The van der Waals surface area contributed by atoms with Gasteiger partial charge in [0, 0.05) is 21.3 Å². The topological polar surface area (TPSA) is 81.6 Å². The van der Waals surface area contributed by atoms with Crippen molar-refractivity contribution in [3.8, 4) is 27.7 Å². The van der Waals surface area contributed by atoms with Crippen molar-refractivity contribution in [2.75, 3.05) is 18.6 Å². The summed E-state index contributed by atoms with van der Waals surface area (Å²) < 4.78 is 10.3. The van der Waals surface area contributed by atoms with E-state index in [1.807, 2.05) is 47.2 Å². The molecule has 7 nitrogen and oxygen atoms in total. The Balaban J connectivity index is 1.42. The molecule has 11 heteroatoms. The molecule has 0 saturated carbocycles. The van der Waals surface area contributed by atoms with Gasteiger partial charge in [0.1, 0.15) is 21.8 Å². The molecule has 2 aromatic heterocycles. The van der Waals surface area contributed by atoms with Crippen molar-refractivity contribution in [1.29, 1.82) is 0 Å². The molecular weight excluding hydrogens is 550 g/mol. The maximum Gasteiger partial charge on any atom is 0.307 e. The molecule has 2 aromatic carbocycles. The summed E-state index contributed by atoms with van der Waals surface area (Å²) in [4.78, 5) is 36.9. The first kappa shape index (κ1) is 25.7. The van der Waals surface area contributed by atoms with Crippen LogP contribution in [-0.2, 0) is 14.3 Å². The number of carbonyl (C=O) groups is 2. The van der Waals surface area contributed by atoms with E-state index in [1.54, 1.807) is 31.1 Å². The molecule has 5 rings (SSSR count). The normalized spacial score (nSPS) is 17.3. The number of ether oxygens (including phenoxy) is 2. The lowest BCUT2D eigenvalue weighted by molar-refractivity contribution is -0.143. The Hall–Kier alpha value is -2.92. The number of esters is 1. The van der Waals surface area contributed by atoms with E-state index < -0.39 is 11.2 Å². The number of anilines is 1. The molecule has 1 aliphatic heterocycles. The summed E-state index contributed by atoms with van der Waals surface area (Å²) in [6, 6.07) is 15.1. The molecule has 4 aromatic rings. The fourth-order valence-electron chi connectivity index (χ4n) is 3.86. The fourth-order valence-corrected chi connectivity index (χ4v) is 7.17. The molecule has 190 valence electrons. The number of thiazole rings is 2. The van der Waals surface area contributed by atoms with Crippen molar-refractivity contribution in [3.05, 3.63) is 69.9 Å². The number of rotatable bonds is 8. The van der Waals surface area contributed by atoms with Crippen molar-refractivity contribution in [2.24, 2.45) is 0 Å². The van der Waals surface area contributed by atoms with Crippen molar-refractivity contribution in [1.82, 2.24) is 9.97 Å². The van der Waals surface area contributed by atoms with E-state index in [1.165, 1.54) is 34.4 Å². The predicted molar refractivity (Wildman–Crippen MR) is 150 cm³/mol. The molecule has 2 atom stereocenters. The minimum atomic E-state index is -0.561. The second-order valence-corrected chi connectivity index (χ2v) is 11.4. The second-order valence-electron chi connectivity index (χ2n) is 8.03. The average Bonchev–Trinajstić information content (AvgIpc) is 3.64. The monoisotopic (exact) mass is 571 g/mol. The minimum absolute atomic E-state index is 0.00780. The highest BCUT2D eigenvalue weighted by atomic mass is 35.5. The van der Waals surface area contributed by atoms with Gasteiger partial charge in [-0.1, -0.05) is 23.7 Å². The number of aromatic nitrogens is 2. The number of amides is 1. The molecule has 1 saturated heterocycles. The molecule has 0 radical (unpaired) electrons. The van der Waals surface area contributed by atoms with Crippen LogP contribution in [0.1, 0.15) is 24.3 Å². The summed E-state index contributed by atoms with van der Waals surface area (Å²) >= 11 is 10.4. The number of benzene rings is 2. The van der Waals surface area contributed by atoms with Crippen LogP contribution in [0.2, 0.25) is 5.02 Å². The summed E-state index contributed by atoms with van der Waals surface area (Å²) in [6.45, 7) is 2.02. The SMILES string of the molecule is CCOC(=O)CC1SC(c2ccc(Cl)cc2)N(c2nc(-c3nc(-c4ccc(OC)cc4)cs3)cs2)C1=O. The van der Waals surface area contributed by atoms with Gasteiger partial charge < -0.3 is 9.47 Å². The molecule has 3 heterocycles. The number of nitrogens with zero attached hydrogens (tertiary/aromatic N) is 3. The minimum Gasteiger partial charge on any atom is -0.497 e. The average molecular weight is 572 g/mol. The lowest BCUT2D eigenvalue weighted by atomic mass is 10.2. The first-order chi connectivity index (χ1) is 18.0. The van der Waals surface area contributed by atoms with Gasteiger partial charge in [-0.3, -0.25) is 14.5 Å². The van der Waals surface area contributed by atoms with E-state index in [2.05, 4.69) is 0 Å². The van der Waals surface area contributed by atoms with Crippen LogP contribution in [-0.4, -0.2) is 40.8 Å². The standard InChI is InChI=1S/C26H22ClN3O4S3/c1-3-34-22(31)12-21-24(32)30(25(37-21)16-4-8-17(27)9-5-16)26-29-20(14-36-26)23-28-19(13-35-23)15-6-10-18(33-2)11-7-15/h4-11,13-14,21,25H,3,12H2,1-2H3. The van der Waals surface area contributed by atoms with Gasteiger partial charge in [0.25, 0.3) is 0 Å². The van der Waals surface area contributed by atoms with Gasteiger partial charge in [0.05, 0.1) is 31.1 Å². The zero-order valence-electron chi connectivity index (χ0n) is 19.9. The van der Waals surface area contributed by atoms with Crippen molar-refractivity contribution >= 4 is 63.0 Å². The number of hydrogen-bond donors (Lipinski definition) is 0. The molecule has 1 aliphatic rings. The van der Waals surface area contributed by atoms with Gasteiger partial charge in [0.2, 0.25) is 5.91 Å². The maximum absolute atomic E-state index is 13.5. The first-order valence-corrected chi connectivity index (χ1v) is 14.5. The Morgan fingerprint density at radius 3 is 2.46 bits per heavy atom. The van der Waals surface area contributed by atoms with E-state index in [0.717, 1.165) is 27.6 Å². The van der Waals surface area contributed by atoms with Crippen LogP contribution in [0.3, 0.4) is 0 Å². The molecule has 2 unspecified atom stereocenters. The number of methoxy groups -OCH3 is 1. The lowest BCUT2D eigenvalue weighted by Gasteiger charge is -2.21. The van der Waals surface area contributed by atoms with Gasteiger partial charge in [-0.15, -0.1) is 34.4 Å². The maximum atomic E-state index is 13.5. The summed E-state index contributed by atoms with van der Waals surface area (Å²) in [5.41, 5.74) is 3.43. The van der Waals surface area contributed by atoms with Crippen LogP contribution < -0.4 is 9.64 Å². The van der Waals surface area contributed by atoms with E-state index >= 15 is 0 Å². The van der Waals surface area contributed by atoms with Crippen LogP contribution >= 0.6 is 46.0 Å². The third-order valence-electron chi connectivity index (χ3n) is 5.66. The summed E-state index contributed by atoms with van der Waals surface area (Å²) in [6.07, 6.45) is 0.00780. The number of thioether (sulfide) groups is 1. The molecule has 1 fully saturated rings. The Labute approximate surface area is 231 Å². The van der Waals surface area contributed by atoms with Gasteiger partial charge in [-0.25, -0.2) is 9.97 Å². The van der Waals surface area contributed by atoms with Gasteiger partial charge in [-0.05, 0) is 48.9 Å². The summed E-state index contributed by atoms with van der Waals surface area (Å²) in [5, 5.41) is 4.92. The summed E-state index contributed by atoms with van der Waals surface area (Å²) in [5.74, 6) is 0.226. The van der Waals surface area contributed by atoms with Gasteiger partial charge in [-0.2, -0.15) is 0 Å². The fraction of sp³-hybridized carbons (Fsp3) is 0.231. The largest absolute Gasteiger partial charge is 0.497 e. The first-order valence-electron chi connectivity index (χ1n) is 11.4. The van der Waals surface area contributed by atoms with Crippen molar-refractivity contribution < 1.29 is 19.1 Å². The second kappa shape index (κ2) is 11.2. The van der Waals surface area contributed by atoms with E-state index in [9.17, 15) is 9.59 Å². The Morgan fingerprint density at radius 2 is 1.76 bits per heavy atom. The highest BCUT2D eigenvalue weighted by Crippen LogP contribution is 2.48. The third kappa shape index (κ3) is 5.52. The molecule has 0 aliphatic carbocycles. The quantitative estimate of drug-likeness (QED) is 0.218. The molecule has 0 N–H and O–H groups in total. The van der Waals surface area contributed by atoms with Crippen molar-refractivity contribution in [2.45, 2.75) is 24.0 Å². The van der Waals surface area contributed by atoms with Crippen LogP contribution in [0, 0.1) is 0 Å². The predicted octanol–water partition coefficient (Wildman–Crippen LogP) is 6.70. The van der Waals surface area contributed by atoms with Crippen LogP contribution in [0.4, 0.5) is 5.13 Å². The Kier molecular flexibility index (Phi) is 7.80. The molecule has 1 amide bonds. The molecule has 0 bridgehead atoms. The van der Waals surface area contributed by atoms with Gasteiger partial charge >= 0.3 is 5.97 Å². The highest BCUT2D eigenvalue weighted by molar-refractivity contribution is 8.01. The summed E-state index contributed by atoms with van der Waals surface area (Å²) in [7, 11) is 1.63. The zero-order valence-corrected chi connectivity index (χ0v) is 23.1. The Bertz CT molecular complexity index is 1410. The Morgan fingerprint density at radius 1 is 1.03 bits per heavy atom. The smallest absolute Gasteiger partial charge is 0.307 e. The van der Waals surface area contributed by atoms with Crippen LogP contribution in [0.5, 0.6) is 5.75 Å². The van der Waals surface area contributed by atoms with Crippen LogP contribution in [0.15, 0.2) is 59.3 Å². The molecule has 0 spiro atoms.